The summed E-state index contributed by atoms with van der Waals surface area (Å²) in [6, 6.07) is -0.188. The van der Waals surface area contributed by atoms with E-state index >= 15 is 0 Å². The zero-order chi connectivity index (χ0) is 13.4. The lowest BCUT2D eigenvalue weighted by Crippen LogP contribution is -2.45. The van der Waals surface area contributed by atoms with Gasteiger partial charge in [0.05, 0.1) is 6.04 Å². The van der Waals surface area contributed by atoms with E-state index in [0.29, 0.717) is 0 Å². The maximum Gasteiger partial charge on any atom is 0.332 e. The molecule has 1 fully saturated rings. The van der Waals surface area contributed by atoms with Crippen LogP contribution in [-0.2, 0) is 9.59 Å². The van der Waals surface area contributed by atoms with Gasteiger partial charge < -0.3 is 20.8 Å². The quantitative estimate of drug-likeness (QED) is 0.550. The number of aliphatic hydroxyl groups is 1. The molecule has 104 valence electrons. The highest BCUT2D eigenvalue weighted by Crippen LogP contribution is 2.09. The fourth-order valence-corrected chi connectivity index (χ4v) is 2.01. The number of carbonyl (C=O) groups is 2. The molecule has 0 aromatic rings. The Hall–Kier alpha value is -1.14. The van der Waals surface area contributed by atoms with Crippen molar-refractivity contribution in [2.45, 2.75) is 50.7 Å². The van der Waals surface area contributed by atoms with E-state index in [2.05, 4.69) is 10.6 Å². The average molecular weight is 258 g/mol. The van der Waals surface area contributed by atoms with Crippen molar-refractivity contribution >= 4 is 11.9 Å². The van der Waals surface area contributed by atoms with E-state index in [4.69, 9.17) is 10.2 Å². The van der Waals surface area contributed by atoms with Crippen LogP contribution < -0.4 is 10.6 Å². The van der Waals surface area contributed by atoms with E-state index in [1.807, 2.05) is 0 Å². The third kappa shape index (κ3) is 5.46. The Labute approximate surface area is 107 Å². The molecular weight excluding hydrogens is 236 g/mol. The van der Waals surface area contributed by atoms with Crippen molar-refractivity contribution in [1.82, 2.24) is 10.6 Å². The summed E-state index contributed by atoms with van der Waals surface area (Å²) in [5, 5.41) is 23.4. The summed E-state index contributed by atoms with van der Waals surface area (Å²) in [7, 11) is 0. The van der Waals surface area contributed by atoms with Crippen molar-refractivity contribution in [3.05, 3.63) is 0 Å². The normalized spacial score (nSPS) is 22.6. The molecule has 1 amide bonds. The molecule has 6 heteroatoms. The summed E-state index contributed by atoms with van der Waals surface area (Å²) < 4.78 is 0. The van der Waals surface area contributed by atoms with Crippen molar-refractivity contribution in [2.24, 2.45) is 0 Å². The zero-order valence-corrected chi connectivity index (χ0v) is 10.5. The van der Waals surface area contributed by atoms with Crippen LogP contribution in [0.4, 0.5) is 0 Å². The van der Waals surface area contributed by atoms with Crippen molar-refractivity contribution in [3.8, 4) is 0 Å². The van der Waals surface area contributed by atoms with Gasteiger partial charge in [0.25, 0.3) is 0 Å². The Morgan fingerprint density at radius 3 is 2.72 bits per heavy atom. The minimum atomic E-state index is -1.41. The Bertz CT molecular complexity index is 275. The number of amides is 1. The Morgan fingerprint density at radius 1 is 1.28 bits per heavy atom. The second kappa shape index (κ2) is 8.05. The van der Waals surface area contributed by atoms with Gasteiger partial charge in [0.2, 0.25) is 5.91 Å². The topological polar surface area (TPSA) is 98.7 Å². The van der Waals surface area contributed by atoms with Crippen LogP contribution in [0, 0.1) is 0 Å². The third-order valence-corrected chi connectivity index (χ3v) is 3.13. The second-order valence-corrected chi connectivity index (χ2v) is 4.64. The molecule has 2 unspecified atom stereocenters. The highest BCUT2D eigenvalue weighted by Gasteiger charge is 2.19. The fourth-order valence-electron chi connectivity index (χ4n) is 2.01. The number of carboxylic acid groups (broad SMARTS) is 1. The monoisotopic (exact) mass is 258 g/mol. The summed E-state index contributed by atoms with van der Waals surface area (Å²) in [5.41, 5.74) is 0. The molecule has 0 bridgehead atoms. The molecule has 4 N–H and O–H groups in total. The van der Waals surface area contributed by atoms with Crippen LogP contribution in [-0.4, -0.2) is 47.3 Å². The summed E-state index contributed by atoms with van der Waals surface area (Å²) in [4.78, 5) is 22.2. The van der Waals surface area contributed by atoms with Crippen molar-refractivity contribution in [1.29, 1.82) is 0 Å². The van der Waals surface area contributed by atoms with E-state index in [1.165, 1.54) is 6.42 Å². The van der Waals surface area contributed by atoms with E-state index in [1.54, 1.807) is 0 Å². The number of aliphatic hydroxyl groups excluding tert-OH is 1. The minimum absolute atomic E-state index is 0.0355. The number of nitrogens with one attached hydrogen (secondary N) is 2. The maximum atomic E-state index is 11.8. The van der Waals surface area contributed by atoms with Gasteiger partial charge in [-0.25, -0.2) is 4.79 Å². The van der Waals surface area contributed by atoms with E-state index in [0.717, 1.165) is 32.2 Å². The SMILES string of the molecule is O=C(O)C(O)CCNC(=O)C1CCCCCCN1. The summed E-state index contributed by atoms with van der Waals surface area (Å²) in [6.45, 7) is 1.03. The van der Waals surface area contributed by atoms with Crippen LogP contribution in [0.3, 0.4) is 0 Å². The van der Waals surface area contributed by atoms with Gasteiger partial charge in [-0.2, -0.15) is 0 Å². The molecular formula is C12H22N2O4. The minimum Gasteiger partial charge on any atom is -0.479 e. The van der Waals surface area contributed by atoms with Crippen LogP contribution in [0.25, 0.3) is 0 Å². The molecule has 1 saturated heterocycles. The molecule has 2 atom stereocenters. The summed E-state index contributed by atoms with van der Waals surface area (Å²) in [5.74, 6) is -1.36. The molecule has 1 rings (SSSR count). The van der Waals surface area contributed by atoms with E-state index in [-0.39, 0.29) is 24.9 Å². The van der Waals surface area contributed by atoms with Crippen molar-refractivity contribution in [3.63, 3.8) is 0 Å². The predicted octanol–water partition coefficient (Wildman–Crippen LogP) is -0.140. The number of hydrogen-bond acceptors (Lipinski definition) is 4. The first kappa shape index (κ1) is 14.9. The highest BCUT2D eigenvalue weighted by atomic mass is 16.4. The van der Waals surface area contributed by atoms with E-state index < -0.39 is 12.1 Å². The second-order valence-electron chi connectivity index (χ2n) is 4.64. The van der Waals surface area contributed by atoms with Crippen LogP contribution in [0.5, 0.6) is 0 Å². The molecule has 0 aromatic carbocycles. The standard InChI is InChI=1S/C12H22N2O4/c15-10(12(17)18)6-8-14-11(16)9-5-3-1-2-4-7-13-9/h9-10,13,15H,1-8H2,(H,14,16)(H,17,18). The summed E-state index contributed by atoms with van der Waals surface area (Å²) in [6.07, 6.45) is 3.91. The predicted molar refractivity (Wildman–Crippen MR) is 66.1 cm³/mol. The van der Waals surface area contributed by atoms with Crippen molar-refractivity contribution < 1.29 is 19.8 Å². The van der Waals surface area contributed by atoms with Crippen molar-refractivity contribution in [2.75, 3.05) is 13.1 Å². The number of hydrogen-bond donors (Lipinski definition) is 4. The zero-order valence-electron chi connectivity index (χ0n) is 10.5. The molecule has 1 heterocycles. The maximum absolute atomic E-state index is 11.8. The van der Waals surface area contributed by atoms with Crippen LogP contribution >= 0.6 is 0 Å². The van der Waals surface area contributed by atoms with Crippen LogP contribution in [0.2, 0.25) is 0 Å². The molecule has 1 aliphatic heterocycles. The molecule has 0 spiro atoms. The lowest BCUT2D eigenvalue weighted by Gasteiger charge is -2.20. The molecule has 0 radical (unpaired) electrons. The largest absolute Gasteiger partial charge is 0.479 e. The molecule has 0 aliphatic carbocycles. The van der Waals surface area contributed by atoms with E-state index in [9.17, 15) is 9.59 Å². The van der Waals surface area contributed by atoms with Crippen LogP contribution in [0.15, 0.2) is 0 Å². The Morgan fingerprint density at radius 2 is 2.00 bits per heavy atom. The lowest BCUT2D eigenvalue weighted by molar-refractivity contribution is -0.147. The molecule has 0 aromatic heterocycles. The first-order valence-electron chi connectivity index (χ1n) is 6.53. The molecule has 0 saturated carbocycles. The first-order chi connectivity index (χ1) is 8.61. The number of carboxylic acids is 1. The van der Waals surface area contributed by atoms with Crippen LogP contribution in [0.1, 0.15) is 38.5 Å². The number of rotatable bonds is 5. The van der Waals surface area contributed by atoms with Gasteiger partial charge in [0.15, 0.2) is 6.10 Å². The van der Waals surface area contributed by atoms with Gasteiger partial charge in [-0.05, 0) is 19.4 Å². The highest BCUT2D eigenvalue weighted by molar-refractivity contribution is 5.81. The molecule has 1 aliphatic rings. The van der Waals surface area contributed by atoms with Gasteiger partial charge >= 0.3 is 5.97 Å². The first-order valence-corrected chi connectivity index (χ1v) is 6.53. The van der Waals surface area contributed by atoms with Gasteiger partial charge in [-0.1, -0.05) is 19.3 Å². The smallest absolute Gasteiger partial charge is 0.332 e. The Balaban J connectivity index is 2.23. The average Bonchev–Trinajstić information content (AvgIpc) is 2.27. The Kier molecular flexibility index (Phi) is 6.67. The summed E-state index contributed by atoms with van der Waals surface area (Å²) >= 11 is 0. The van der Waals surface area contributed by atoms with Gasteiger partial charge in [-0.3, -0.25) is 4.79 Å². The third-order valence-electron chi connectivity index (χ3n) is 3.13. The van der Waals surface area contributed by atoms with Gasteiger partial charge in [0.1, 0.15) is 0 Å². The number of aliphatic carboxylic acids is 1. The molecule has 18 heavy (non-hydrogen) atoms. The lowest BCUT2D eigenvalue weighted by atomic mass is 10.0. The van der Waals surface area contributed by atoms with Gasteiger partial charge in [-0.15, -0.1) is 0 Å². The number of carbonyl (C=O) groups excluding carboxylic acids is 1. The van der Waals surface area contributed by atoms with Gasteiger partial charge in [0, 0.05) is 13.0 Å². The molecule has 6 nitrogen and oxygen atoms in total. The fraction of sp³-hybridized carbons (Fsp3) is 0.833.